The van der Waals surface area contributed by atoms with E-state index in [-0.39, 0.29) is 6.42 Å². The van der Waals surface area contributed by atoms with Crippen LogP contribution in [-0.2, 0) is 4.79 Å². The minimum absolute atomic E-state index is 0.0495. The van der Waals surface area contributed by atoms with Gasteiger partial charge >= 0.3 is 5.97 Å². The second kappa shape index (κ2) is 5.86. The van der Waals surface area contributed by atoms with E-state index in [1.54, 1.807) is 0 Å². The van der Waals surface area contributed by atoms with Gasteiger partial charge in [-0.05, 0) is 40.7 Å². The highest BCUT2D eigenvalue weighted by atomic mass is 16.4. The van der Waals surface area contributed by atoms with Crippen LogP contribution in [0.15, 0.2) is 36.4 Å². The number of carboxylic acid groups (broad SMARTS) is 1. The lowest BCUT2D eigenvalue weighted by Crippen LogP contribution is -2.20. The van der Waals surface area contributed by atoms with Crippen LogP contribution in [0.1, 0.15) is 43.9 Å². The fraction of sp³-hybridized carbons (Fsp3) is 0.389. The summed E-state index contributed by atoms with van der Waals surface area (Å²) in [5, 5.41) is 21.7. The molecule has 0 bridgehead atoms. The summed E-state index contributed by atoms with van der Waals surface area (Å²) in [6.45, 7) is 5.80. The summed E-state index contributed by atoms with van der Waals surface area (Å²) >= 11 is 0. The van der Waals surface area contributed by atoms with Crippen LogP contribution < -0.4 is 0 Å². The van der Waals surface area contributed by atoms with Gasteiger partial charge in [-0.3, -0.25) is 4.79 Å². The van der Waals surface area contributed by atoms with E-state index in [0.717, 1.165) is 16.3 Å². The van der Waals surface area contributed by atoms with Crippen LogP contribution in [0, 0.1) is 12.3 Å². The molecule has 112 valence electrons. The van der Waals surface area contributed by atoms with E-state index in [0.29, 0.717) is 6.42 Å². The van der Waals surface area contributed by atoms with Gasteiger partial charge in [0, 0.05) is 0 Å². The lowest BCUT2D eigenvalue weighted by atomic mass is 9.81. The summed E-state index contributed by atoms with van der Waals surface area (Å²) in [5.41, 5.74) is 1.60. The molecule has 0 aliphatic carbocycles. The van der Waals surface area contributed by atoms with E-state index in [4.69, 9.17) is 5.11 Å². The molecule has 1 atom stereocenters. The molecule has 21 heavy (non-hydrogen) atoms. The fourth-order valence-corrected chi connectivity index (χ4v) is 2.88. The molecule has 0 fully saturated rings. The number of fused-ring (bicyclic) bond motifs is 1. The topological polar surface area (TPSA) is 57.5 Å². The van der Waals surface area contributed by atoms with E-state index >= 15 is 0 Å². The predicted molar refractivity (Wildman–Crippen MR) is 84.3 cm³/mol. The highest BCUT2D eigenvalue weighted by Gasteiger charge is 2.26. The quantitative estimate of drug-likeness (QED) is 0.871. The summed E-state index contributed by atoms with van der Waals surface area (Å²) in [4.78, 5) is 10.9. The van der Waals surface area contributed by atoms with Gasteiger partial charge in [-0.1, -0.05) is 50.2 Å². The molecule has 0 aliphatic heterocycles. The number of aliphatic hydroxyl groups excluding tert-OH is 1. The largest absolute Gasteiger partial charge is 0.481 e. The zero-order valence-corrected chi connectivity index (χ0v) is 12.8. The Morgan fingerprint density at radius 2 is 1.76 bits per heavy atom. The average Bonchev–Trinajstić information content (AvgIpc) is 2.37. The smallest absolute Gasteiger partial charge is 0.303 e. The van der Waals surface area contributed by atoms with Gasteiger partial charge < -0.3 is 10.2 Å². The van der Waals surface area contributed by atoms with Crippen molar-refractivity contribution in [1.29, 1.82) is 0 Å². The van der Waals surface area contributed by atoms with E-state index in [1.807, 2.05) is 57.2 Å². The van der Waals surface area contributed by atoms with Crippen LogP contribution in [-0.4, -0.2) is 16.2 Å². The zero-order chi connectivity index (χ0) is 15.6. The highest BCUT2D eigenvalue weighted by Crippen LogP contribution is 2.36. The molecule has 2 N–H and O–H groups in total. The zero-order valence-electron chi connectivity index (χ0n) is 12.8. The van der Waals surface area contributed by atoms with Gasteiger partial charge in [0.05, 0.1) is 12.5 Å². The van der Waals surface area contributed by atoms with Crippen LogP contribution in [0.5, 0.6) is 0 Å². The molecular formula is C18H22O3. The third kappa shape index (κ3) is 3.61. The van der Waals surface area contributed by atoms with Crippen molar-refractivity contribution in [3.8, 4) is 0 Å². The first-order valence-corrected chi connectivity index (χ1v) is 7.18. The van der Waals surface area contributed by atoms with Crippen LogP contribution in [0.2, 0.25) is 0 Å². The molecule has 2 rings (SSSR count). The first kappa shape index (κ1) is 15.5. The van der Waals surface area contributed by atoms with Crippen molar-refractivity contribution in [1.82, 2.24) is 0 Å². The van der Waals surface area contributed by atoms with Gasteiger partial charge in [0.25, 0.3) is 0 Å². The Balaban J connectivity index is 2.34. The van der Waals surface area contributed by atoms with Gasteiger partial charge in [0.15, 0.2) is 0 Å². The molecule has 3 nitrogen and oxygen atoms in total. The Hall–Kier alpha value is -1.87. The van der Waals surface area contributed by atoms with E-state index < -0.39 is 17.5 Å². The van der Waals surface area contributed by atoms with Crippen molar-refractivity contribution in [3.05, 3.63) is 47.5 Å². The number of hydrogen-bond acceptors (Lipinski definition) is 2. The Kier molecular flexibility index (Phi) is 4.33. The lowest BCUT2D eigenvalue weighted by molar-refractivity contribution is -0.139. The number of aliphatic hydroxyl groups is 1. The third-order valence-corrected chi connectivity index (χ3v) is 3.91. The maximum atomic E-state index is 10.9. The van der Waals surface area contributed by atoms with Crippen LogP contribution >= 0.6 is 0 Å². The Labute approximate surface area is 125 Å². The summed E-state index contributed by atoms with van der Waals surface area (Å²) in [5.74, 6) is -0.832. The molecule has 0 saturated carbocycles. The minimum atomic E-state index is -0.832. The highest BCUT2D eigenvalue weighted by molar-refractivity contribution is 5.88. The summed E-state index contributed by atoms with van der Waals surface area (Å²) in [6, 6.07) is 11.9. The first-order valence-electron chi connectivity index (χ1n) is 7.18. The van der Waals surface area contributed by atoms with Crippen LogP contribution in [0.25, 0.3) is 10.8 Å². The molecule has 0 radical (unpaired) electrons. The third-order valence-electron chi connectivity index (χ3n) is 3.91. The predicted octanol–water partition coefficient (Wildman–Crippen LogP) is 4.07. The summed E-state index contributed by atoms with van der Waals surface area (Å²) in [7, 11) is 0. The van der Waals surface area contributed by atoms with E-state index in [1.165, 1.54) is 5.56 Å². The molecule has 2 aromatic rings. The van der Waals surface area contributed by atoms with Crippen LogP contribution in [0.4, 0.5) is 0 Å². The first-order chi connectivity index (χ1) is 9.80. The molecule has 2 aromatic carbocycles. The van der Waals surface area contributed by atoms with Gasteiger partial charge in [-0.15, -0.1) is 0 Å². The second-order valence-corrected chi connectivity index (χ2v) is 6.47. The minimum Gasteiger partial charge on any atom is -0.481 e. The SMILES string of the molecule is Cc1ccc(C(O)CC(C)(C)CC(=O)O)c2ccccc12. The molecule has 0 aromatic heterocycles. The maximum Gasteiger partial charge on any atom is 0.303 e. The van der Waals surface area contributed by atoms with Crippen molar-refractivity contribution < 1.29 is 15.0 Å². The number of aryl methyl sites for hydroxylation is 1. The van der Waals surface area contributed by atoms with Gasteiger partial charge in [0.2, 0.25) is 0 Å². The second-order valence-electron chi connectivity index (χ2n) is 6.47. The number of carbonyl (C=O) groups is 1. The standard InChI is InChI=1S/C18H22O3/c1-12-8-9-15(14-7-5-4-6-13(12)14)16(19)10-18(2,3)11-17(20)21/h4-9,16,19H,10-11H2,1-3H3,(H,20,21). The Morgan fingerprint density at radius 1 is 1.14 bits per heavy atom. The number of benzene rings is 2. The molecule has 0 spiro atoms. The lowest BCUT2D eigenvalue weighted by Gasteiger charge is -2.26. The number of carboxylic acids is 1. The van der Waals surface area contributed by atoms with Crippen molar-refractivity contribution in [2.45, 2.75) is 39.7 Å². The molecular weight excluding hydrogens is 264 g/mol. The van der Waals surface area contributed by atoms with E-state index in [9.17, 15) is 9.90 Å². The van der Waals surface area contributed by atoms with Gasteiger partial charge in [-0.2, -0.15) is 0 Å². The molecule has 0 heterocycles. The van der Waals surface area contributed by atoms with Crippen molar-refractivity contribution >= 4 is 16.7 Å². The summed E-state index contributed by atoms with van der Waals surface area (Å²) < 4.78 is 0. The molecule has 0 amide bonds. The molecule has 3 heteroatoms. The maximum absolute atomic E-state index is 10.9. The van der Waals surface area contributed by atoms with Crippen molar-refractivity contribution in [2.24, 2.45) is 5.41 Å². The van der Waals surface area contributed by atoms with Crippen molar-refractivity contribution in [2.75, 3.05) is 0 Å². The van der Waals surface area contributed by atoms with Crippen LogP contribution in [0.3, 0.4) is 0 Å². The molecule has 0 saturated heterocycles. The monoisotopic (exact) mass is 286 g/mol. The normalized spacial score (nSPS) is 13.3. The fourth-order valence-electron chi connectivity index (χ4n) is 2.88. The van der Waals surface area contributed by atoms with Gasteiger partial charge in [0.1, 0.15) is 0 Å². The van der Waals surface area contributed by atoms with E-state index in [2.05, 4.69) is 0 Å². The van der Waals surface area contributed by atoms with Gasteiger partial charge in [-0.25, -0.2) is 0 Å². The average molecular weight is 286 g/mol. The number of hydrogen-bond donors (Lipinski definition) is 2. The summed E-state index contributed by atoms with van der Waals surface area (Å²) in [6.07, 6.45) is -0.190. The number of aliphatic carboxylic acids is 1. The molecule has 0 aliphatic rings. The Bertz CT molecular complexity index is 659. The molecule has 1 unspecified atom stereocenters. The number of rotatable bonds is 5. The Morgan fingerprint density at radius 3 is 2.38 bits per heavy atom. The van der Waals surface area contributed by atoms with Crippen molar-refractivity contribution in [3.63, 3.8) is 0 Å².